The topological polar surface area (TPSA) is 70.4 Å². The van der Waals surface area contributed by atoms with E-state index in [1.54, 1.807) is 36.1 Å². The van der Waals surface area contributed by atoms with E-state index in [4.69, 9.17) is 16.3 Å². The van der Waals surface area contributed by atoms with Gasteiger partial charge in [-0.05, 0) is 48.5 Å². The molecule has 1 aliphatic heterocycles. The van der Waals surface area contributed by atoms with E-state index in [1.807, 2.05) is 60.8 Å². The predicted octanol–water partition coefficient (Wildman–Crippen LogP) is 3.36. The van der Waals surface area contributed by atoms with Gasteiger partial charge in [0.15, 0.2) is 6.04 Å². The number of ether oxygens (including phenoxy) is 1. The van der Waals surface area contributed by atoms with E-state index >= 15 is 0 Å². The number of carbonyl (C=O) groups excluding carboxylic acids is 2. The van der Waals surface area contributed by atoms with Gasteiger partial charge in [-0.1, -0.05) is 41.9 Å². The number of hydrogen-bond donors (Lipinski definition) is 2. The summed E-state index contributed by atoms with van der Waals surface area (Å²) in [5, 5.41) is 3.41. The molecule has 0 aliphatic carbocycles. The van der Waals surface area contributed by atoms with Crippen molar-refractivity contribution in [2.75, 3.05) is 7.11 Å². The maximum absolute atomic E-state index is 12.9. The number of amides is 2. The highest BCUT2D eigenvalue weighted by atomic mass is 35.5. The van der Waals surface area contributed by atoms with Crippen molar-refractivity contribution in [3.05, 3.63) is 101 Å². The van der Waals surface area contributed by atoms with Gasteiger partial charge in [0.1, 0.15) is 5.75 Å². The lowest BCUT2D eigenvalue weighted by atomic mass is 10.00. The summed E-state index contributed by atoms with van der Waals surface area (Å²) >= 11 is 5.91. The molecule has 3 aromatic rings. The van der Waals surface area contributed by atoms with Gasteiger partial charge in [-0.15, -0.1) is 10.1 Å². The molecule has 0 aromatic heterocycles. The van der Waals surface area contributed by atoms with Crippen LogP contribution in [0.4, 0.5) is 0 Å². The van der Waals surface area contributed by atoms with Gasteiger partial charge in [-0.3, -0.25) is 9.59 Å². The van der Waals surface area contributed by atoms with Crippen LogP contribution in [0.2, 0.25) is 5.02 Å². The van der Waals surface area contributed by atoms with Gasteiger partial charge >= 0.3 is 5.91 Å². The summed E-state index contributed by atoms with van der Waals surface area (Å²) in [6, 6.07) is 22.4. The van der Waals surface area contributed by atoms with E-state index in [-0.39, 0.29) is 11.8 Å². The maximum atomic E-state index is 12.9. The van der Waals surface area contributed by atoms with Crippen LogP contribution in [0.25, 0.3) is 0 Å². The quantitative estimate of drug-likeness (QED) is 0.605. The zero-order valence-electron chi connectivity index (χ0n) is 16.8. The molecule has 1 heterocycles. The molecule has 0 spiro atoms. The molecule has 2 atom stereocenters. The van der Waals surface area contributed by atoms with Gasteiger partial charge in [0, 0.05) is 21.7 Å². The Bertz CT molecular complexity index is 1110. The third kappa shape index (κ3) is 4.59. The van der Waals surface area contributed by atoms with E-state index in [0.29, 0.717) is 10.6 Å². The fourth-order valence-corrected chi connectivity index (χ4v) is 3.63. The summed E-state index contributed by atoms with van der Waals surface area (Å²) in [6.07, 6.45) is 1.84. The number of carbonyl (C=O) groups is 2. The highest BCUT2D eigenvalue weighted by molar-refractivity contribution is 6.30. The van der Waals surface area contributed by atoms with Crippen molar-refractivity contribution in [1.29, 1.82) is 0 Å². The fourth-order valence-electron chi connectivity index (χ4n) is 3.51. The van der Waals surface area contributed by atoms with Crippen LogP contribution in [0.5, 0.6) is 5.75 Å². The Morgan fingerprint density at radius 3 is 2.35 bits per heavy atom. The molecule has 1 aliphatic rings. The van der Waals surface area contributed by atoms with Crippen molar-refractivity contribution < 1.29 is 19.0 Å². The molecule has 1 saturated heterocycles. The zero-order chi connectivity index (χ0) is 21.8. The van der Waals surface area contributed by atoms with E-state index in [0.717, 1.165) is 16.9 Å². The zero-order valence-corrected chi connectivity index (χ0v) is 17.5. The molecular formula is C24H21ClN3O3+. The monoisotopic (exact) mass is 434 g/mol. The molecule has 0 saturated carbocycles. The lowest BCUT2D eigenvalue weighted by Gasteiger charge is -2.14. The van der Waals surface area contributed by atoms with Gasteiger partial charge in [0.2, 0.25) is 12.3 Å². The Morgan fingerprint density at radius 1 is 1.03 bits per heavy atom. The highest BCUT2D eigenvalue weighted by Gasteiger charge is 2.47. The first kappa shape index (κ1) is 20.6. The first-order valence-corrected chi connectivity index (χ1v) is 10.1. The van der Waals surface area contributed by atoms with Crippen molar-refractivity contribution >= 4 is 29.6 Å². The molecule has 0 unspecified atom stereocenters. The van der Waals surface area contributed by atoms with Crippen LogP contribution >= 0.6 is 11.6 Å². The van der Waals surface area contributed by atoms with Crippen molar-refractivity contribution in [2.45, 2.75) is 12.1 Å². The Balaban J connectivity index is 1.66. The number of halogens is 1. The molecular weight excluding hydrogens is 414 g/mol. The van der Waals surface area contributed by atoms with Crippen LogP contribution in [0.3, 0.4) is 0 Å². The molecule has 156 valence electrons. The van der Waals surface area contributed by atoms with Crippen molar-refractivity contribution in [3.63, 3.8) is 0 Å². The second-order valence-corrected chi connectivity index (χ2v) is 7.54. The first-order chi connectivity index (χ1) is 15.0. The summed E-state index contributed by atoms with van der Waals surface area (Å²) in [5.74, 6) is 0.111. The Labute approximate surface area is 185 Å². The third-order valence-corrected chi connectivity index (χ3v) is 5.33. The second-order valence-electron chi connectivity index (χ2n) is 7.10. The summed E-state index contributed by atoms with van der Waals surface area (Å²) in [7, 11) is 1.61. The molecule has 7 heteroatoms. The highest BCUT2D eigenvalue weighted by Crippen LogP contribution is 2.25. The van der Waals surface area contributed by atoms with Crippen LogP contribution in [-0.2, 0) is 4.79 Å². The normalized spacial score (nSPS) is 19.2. The van der Waals surface area contributed by atoms with E-state index in [1.165, 1.54) is 0 Å². The van der Waals surface area contributed by atoms with Crippen molar-refractivity contribution in [3.8, 4) is 5.75 Å². The standard InChI is InChI=1S/C24H20ClN3O3/c1-31-20-13-7-16(8-14-20)15-28-22(17-5-3-2-4-6-17)21(24(30)27-28)26-23(29)18-9-11-19(25)12-10-18/h2-15,21-22H,1H3,(H-,26,27,29,30)/p+1/b28-15-/t21-,22-/m0/s1. The molecule has 31 heavy (non-hydrogen) atoms. The SMILES string of the molecule is COc1ccc(/C=[N+]2\NC(=O)[C@@H](NC(=O)c3ccc(Cl)cc3)[C@@H]2c2ccccc2)cc1. The lowest BCUT2D eigenvalue weighted by molar-refractivity contribution is -0.596. The summed E-state index contributed by atoms with van der Waals surface area (Å²) in [6.45, 7) is 0. The molecule has 4 rings (SSSR count). The van der Waals surface area contributed by atoms with E-state index in [9.17, 15) is 9.59 Å². The Morgan fingerprint density at radius 2 is 1.71 bits per heavy atom. The fraction of sp³-hybridized carbons (Fsp3) is 0.125. The summed E-state index contributed by atoms with van der Waals surface area (Å²) in [4.78, 5) is 25.6. The summed E-state index contributed by atoms with van der Waals surface area (Å²) in [5.41, 5.74) is 5.08. The molecule has 6 nitrogen and oxygen atoms in total. The van der Waals surface area contributed by atoms with Crippen LogP contribution in [0.15, 0.2) is 78.9 Å². The predicted molar refractivity (Wildman–Crippen MR) is 118 cm³/mol. The first-order valence-electron chi connectivity index (χ1n) is 9.74. The molecule has 3 aromatic carbocycles. The minimum absolute atomic E-state index is 0.291. The van der Waals surface area contributed by atoms with Crippen LogP contribution in [0.1, 0.15) is 27.5 Å². The van der Waals surface area contributed by atoms with Crippen molar-refractivity contribution in [1.82, 2.24) is 10.7 Å². The number of nitrogens with zero attached hydrogens (tertiary/aromatic N) is 1. The number of nitrogens with one attached hydrogen (secondary N) is 2. The minimum Gasteiger partial charge on any atom is -0.497 e. The Hall–Kier alpha value is -3.64. The number of hydrogen-bond acceptors (Lipinski definition) is 3. The average molecular weight is 435 g/mol. The maximum Gasteiger partial charge on any atom is 0.304 e. The van der Waals surface area contributed by atoms with Crippen LogP contribution in [0, 0.1) is 0 Å². The minimum atomic E-state index is -0.778. The molecule has 2 amide bonds. The smallest absolute Gasteiger partial charge is 0.304 e. The largest absolute Gasteiger partial charge is 0.497 e. The number of rotatable bonds is 5. The number of benzene rings is 3. The molecule has 0 radical (unpaired) electrons. The number of hydrazone groups is 1. The van der Waals surface area contributed by atoms with Crippen molar-refractivity contribution in [2.24, 2.45) is 0 Å². The molecule has 2 N–H and O–H groups in total. The summed E-state index contributed by atoms with van der Waals surface area (Å²) < 4.78 is 6.93. The van der Waals surface area contributed by atoms with Crippen LogP contribution < -0.4 is 15.5 Å². The average Bonchev–Trinajstić information content (AvgIpc) is 3.09. The van der Waals surface area contributed by atoms with Gasteiger partial charge in [0.25, 0.3) is 5.91 Å². The van der Waals surface area contributed by atoms with Gasteiger partial charge in [0.05, 0.1) is 7.11 Å². The lowest BCUT2D eigenvalue weighted by Crippen LogP contribution is -2.42. The van der Waals surface area contributed by atoms with Crippen LogP contribution in [-0.4, -0.2) is 35.9 Å². The van der Waals surface area contributed by atoms with Gasteiger partial charge < -0.3 is 10.1 Å². The molecule has 0 bridgehead atoms. The van der Waals surface area contributed by atoms with Gasteiger partial charge in [-0.2, -0.15) is 0 Å². The Kier molecular flexibility index (Phi) is 6.00. The van der Waals surface area contributed by atoms with E-state index < -0.39 is 12.1 Å². The number of hydrazine groups is 1. The number of methoxy groups -OCH3 is 1. The third-order valence-electron chi connectivity index (χ3n) is 5.08. The van der Waals surface area contributed by atoms with Gasteiger partial charge in [-0.25, -0.2) is 0 Å². The second kappa shape index (κ2) is 9.02. The molecule has 1 fully saturated rings. The van der Waals surface area contributed by atoms with E-state index in [2.05, 4.69) is 10.7 Å².